The number of benzene rings is 1. The number of hydrogen-bond donors (Lipinski definition) is 1. The summed E-state index contributed by atoms with van der Waals surface area (Å²) in [5, 5.41) is 8.72. The fourth-order valence-electron chi connectivity index (χ4n) is 4.45. The van der Waals surface area contributed by atoms with Crippen molar-refractivity contribution in [3.8, 4) is 11.3 Å². The Morgan fingerprint density at radius 3 is 2.72 bits per heavy atom. The number of pyridine rings is 2. The number of carbonyl (C=O) groups is 2. The van der Waals surface area contributed by atoms with E-state index in [0.717, 1.165) is 29.3 Å². The molecule has 10 heteroatoms. The van der Waals surface area contributed by atoms with Gasteiger partial charge >= 0.3 is 0 Å². The summed E-state index contributed by atoms with van der Waals surface area (Å²) in [5.74, 6) is -1.06. The predicted octanol–water partition coefficient (Wildman–Crippen LogP) is 4.89. The Labute approximate surface area is 211 Å². The monoisotopic (exact) mass is 504 g/mol. The summed E-state index contributed by atoms with van der Waals surface area (Å²) in [5.41, 5.74) is 2.58. The number of carbonyl (C=O) groups excluding carboxylic acids is 2. The maximum Gasteiger partial charge on any atom is 0.256 e. The van der Waals surface area contributed by atoms with Gasteiger partial charge in [-0.05, 0) is 43.2 Å². The van der Waals surface area contributed by atoms with Gasteiger partial charge in [-0.15, -0.1) is 0 Å². The third kappa shape index (κ3) is 4.57. The summed E-state index contributed by atoms with van der Waals surface area (Å²) in [4.78, 5) is 34.5. The van der Waals surface area contributed by atoms with Crippen LogP contribution in [0.4, 0.5) is 10.2 Å². The molecular formula is C26H22ClFN6O2. The number of aromatic nitrogens is 4. The first kappa shape index (κ1) is 23.6. The molecule has 1 unspecified atom stereocenters. The lowest BCUT2D eigenvalue weighted by atomic mass is 10.1. The van der Waals surface area contributed by atoms with E-state index in [9.17, 15) is 14.0 Å². The first-order valence-corrected chi connectivity index (χ1v) is 11.8. The molecule has 36 heavy (non-hydrogen) atoms. The number of nitrogens with zero attached hydrogens (tertiary/aromatic N) is 5. The molecule has 4 aromatic rings. The van der Waals surface area contributed by atoms with Crippen molar-refractivity contribution in [1.82, 2.24) is 24.6 Å². The third-order valence-corrected chi connectivity index (χ3v) is 6.45. The molecule has 2 amide bonds. The van der Waals surface area contributed by atoms with Crippen LogP contribution in [0.3, 0.4) is 0 Å². The van der Waals surface area contributed by atoms with E-state index in [2.05, 4.69) is 21.9 Å². The molecule has 1 aliphatic heterocycles. The molecule has 1 aliphatic rings. The Kier molecular flexibility index (Phi) is 6.47. The SMILES string of the molecule is C=CC(=O)N1CCCC(n2nc(-c3ccc(C(=O)Nc4cccc(F)n4)cc3)c3cncc(Cl)c32)C1. The summed E-state index contributed by atoms with van der Waals surface area (Å²) in [7, 11) is 0. The van der Waals surface area contributed by atoms with Crippen LogP contribution < -0.4 is 5.32 Å². The molecule has 1 fully saturated rings. The van der Waals surface area contributed by atoms with Gasteiger partial charge in [-0.2, -0.15) is 9.49 Å². The van der Waals surface area contributed by atoms with Crippen LogP contribution >= 0.6 is 11.6 Å². The van der Waals surface area contributed by atoms with E-state index in [0.29, 0.717) is 29.4 Å². The molecular weight excluding hydrogens is 483 g/mol. The number of amides is 2. The zero-order chi connectivity index (χ0) is 25.2. The minimum absolute atomic E-state index is 0.0531. The smallest absolute Gasteiger partial charge is 0.256 e. The van der Waals surface area contributed by atoms with E-state index in [1.807, 2.05) is 4.68 Å². The van der Waals surface area contributed by atoms with Gasteiger partial charge in [-0.25, -0.2) is 4.98 Å². The second-order valence-electron chi connectivity index (χ2n) is 8.47. The minimum atomic E-state index is -0.673. The second kappa shape index (κ2) is 9.87. The molecule has 0 bridgehead atoms. The summed E-state index contributed by atoms with van der Waals surface area (Å²) < 4.78 is 15.2. The van der Waals surface area contributed by atoms with Gasteiger partial charge in [0.05, 0.1) is 16.6 Å². The number of likely N-dealkylation sites (tertiary alicyclic amines) is 1. The van der Waals surface area contributed by atoms with Crippen molar-refractivity contribution in [2.45, 2.75) is 18.9 Å². The largest absolute Gasteiger partial charge is 0.337 e. The maximum absolute atomic E-state index is 13.3. The summed E-state index contributed by atoms with van der Waals surface area (Å²) in [6.07, 6.45) is 6.31. The minimum Gasteiger partial charge on any atom is -0.337 e. The van der Waals surface area contributed by atoms with Crippen molar-refractivity contribution in [3.63, 3.8) is 0 Å². The Bertz CT molecular complexity index is 1470. The van der Waals surface area contributed by atoms with Crippen molar-refractivity contribution >= 4 is 40.1 Å². The quantitative estimate of drug-likeness (QED) is 0.308. The third-order valence-electron chi connectivity index (χ3n) is 6.17. The zero-order valence-electron chi connectivity index (χ0n) is 19.2. The van der Waals surface area contributed by atoms with Gasteiger partial charge < -0.3 is 10.2 Å². The first-order chi connectivity index (χ1) is 17.4. The number of fused-ring (bicyclic) bond motifs is 1. The highest BCUT2D eigenvalue weighted by atomic mass is 35.5. The van der Waals surface area contributed by atoms with E-state index in [4.69, 9.17) is 16.7 Å². The number of piperidine rings is 1. The highest BCUT2D eigenvalue weighted by Crippen LogP contribution is 2.35. The van der Waals surface area contributed by atoms with E-state index in [1.165, 1.54) is 24.3 Å². The van der Waals surface area contributed by atoms with Gasteiger partial charge in [0.25, 0.3) is 5.91 Å². The molecule has 3 aromatic heterocycles. The zero-order valence-corrected chi connectivity index (χ0v) is 20.0. The number of rotatable bonds is 5. The Hall–Kier alpha value is -4.11. The molecule has 1 saturated heterocycles. The van der Waals surface area contributed by atoms with Crippen LogP contribution in [0.5, 0.6) is 0 Å². The molecule has 1 N–H and O–H groups in total. The van der Waals surface area contributed by atoms with Gasteiger partial charge in [0, 0.05) is 42.0 Å². The molecule has 0 radical (unpaired) electrons. The molecule has 182 valence electrons. The number of anilines is 1. The Morgan fingerprint density at radius 1 is 1.17 bits per heavy atom. The van der Waals surface area contributed by atoms with Crippen molar-refractivity contribution < 1.29 is 14.0 Å². The lowest BCUT2D eigenvalue weighted by Gasteiger charge is -2.32. The average Bonchev–Trinajstić information content (AvgIpc) is 3.29. The highest BCUT2D eigenvalue weighted by Gasteiger charge is 2.27. The van der Waals surface area contributed by atoms with Crippen LogP contribution in [0.25, 0.3) is 22.2 Å². The molecule has 0 spiro atoms. The fraction of sp³-hybridized carbons (Fsp3) is 0.192. The molecule has 1 atom stereocenters. The van der Waals surface area contributed by atoms with Crippen LogP contribution in [0.2, 0.25) is 5.02 Å². The number of nitrogens with one attached hydrogen (secondary N) is 1. The second-order valence-corrected chi connectivity index (χ2v) is 8.88. The van der Waals surface area contributed by atoms with Crippen molar-refractivity contribution in [2.75, 3.05) is 18.4 Å². The molecule has 0 aliphatic carbocycles. The van der Waals surface area contributed by atoms with E-state index in [1.54, 1.807) is 41.6 Å². The maximum atomic E-state index is 13.3. The van der Waals surface area contributed by atoms with Gasteiger partial charge in [-0.1, -0.05) is 36.4 Å². The molecule has 8 nitrogen and oxygen atoms in total. The highest BCUT2D eigenvalue weighted by molar-refractivity contribution is 6.35. The summed E-state index contributed by atoms with van der Waals surface area (Å²) in [6.45, 7) is 4.78. The van der Waals surface area contributed by atoms with Crippen LogP contribution in [0.15, 0.2) is 67.5 Å². The van der Waals surface area contributed by atoms with Gasteiger partial charge in [0.15, 0.2) is 0 Å². The van der Waals surface area contributed by atoms with Crippen molar-refractivity contribution in [1.29, 1.82) is 0 Å². The number of hydrogen-bond acceptors (Lipinski definition) is 5. The topological polar surface area (TPSA) is 93.0 Å². The van der Waals surface area contributed by atoms with Crippen molar-refractivity contribution in [3.05, 3.63) is 84.0 Å². The average molecular weight is 505 g/mol. The lowest BCUT2D eigenvalue weighted by Crippen LogP contribution is -2.40. The van der Waals surface area contributed by atoms with Crippen LogP contribution in [0.1, 0.15) is 29.2 Å². The lowest BCUT2D eigenvalue weighted by molar-refractivity contribution is -0.127. The van der Waals surface area contributed by atoms with Crippen LogP contribution in [-0.2, 0) is 4.79 Å². The molecule has 4 heterocycles. The molecule has 5 rings (SSSR count). The number of halogens is 2. The van der Waals surface area contributed by atoms with Gasteiger partial charge in [0.2, 0.25) is 11.9 Å². The fourth-order valence-corrected chi connectivity index (χ4v) is 4.70. The standard InChI is InChI=1S/C26H22ClFN6O2/c1-2-23(35)33-12-4-5-18(15-33)34-25-19(13-29-14-20(25)27)24(32-34)16-8-10-17(11-9-16)26(36)31-22-7-3-6-21(28)30-22/h2-3,6-11,13-14,18H,1,4-5,12,15H2,(H,30,31,36). The van der Waals surface area contributed by atoms with Gasteiger partial charge in [-0.3, -0.25) is 19.3 Å². The van der Waals surface area contributed by atoms with Crippen molar-refractivity contribution in [2.24, 2.45) is 0 Å². The van der Waals surface area contributed by atoms with Crippen LogP contribution in [-0.4, -0.2) is 49.6 Å². The summed E-state index contributed by atoms with van der Waals surface area (Å²) in [6, 6.07) is 11.0. The molecule has 1 aromatic carbocycles. The first-order valence-electron chi connectivity index (χ1n) is 11.4. The molecule has 0 saturated carbocycles. The van der Waals surface area contributed by atoms with E-state index in [-0.39, 0.29) is 17.8 Å². The van der Waals surface area contributed by atoms with E-state index < -0.39 is 11.9 Å². The van der Waals surface area contributed by atoms with E-state index >= 15 is 0 Å². The normalized spacial score (nSPS) is 15.6. The Morgan fingerprint density at radius 2 is 1.97 bits per heavy atom. The predicted molar refractivity (Wildman–Crippen MR) is 135 cm³/mol. The van der Waals surface area contributed by atoms with Crippen LogP contribution in [0, 0.1) is 5.95 Å². The Balaban J connectivity index is 1.46. The van der Waals surface area contributed by atoms with Gasteiger partial charge in [0.1, 0.15) is 11.5 Å². The summed E-state index contributed by atoms with van der Waals surface area (Å²) >= 11 is 6.56.